The number of hydrogen-bond donors (Lipinski definition) is 2. The van der Waals surface area contributed by atoms with Crippen LogP contribution in [0.4, 0.5) is 10.5 Å². The zero-order valence-electron chi connectivity index (χ0n) is 12.6. The van der Waals surface area contributed by atoms with E-state index >= 15 is 0 Å². The molecule has 2 N–H and O–H groups in total. The summed E-state index contributed by atoms with van der Waals surface area (Å²) in [4.78, 5) is 35.4. The van der Waals surface area contributed by atoms with Gasteiger partial charge in [0.25, 0.3) is 0 Å². The highest BCUT2D eigenvalue weighted by atomic mass is 16.5. The molecule has 0 saturated carbocycles. The molecule has 0 radical (unpaired) electrons. The molecule has 0 spiro atoms. The first-order valence-electron chi connectivity index (χ1n) is 6.39. The molecular formula is C14H18N2O6. The Morgan fingerprint density at radius 3 is 2.50 bits per heavy atom. The number of nitrogens with zero attached hydrogens (tertiary/aromatic N) is 1. The maximum Gasteiger partial charge on any atom is 0.340 e. The smallest absolute Gasteiger partial charge is 0.340 e. The third-order valence-electron chi connectivity index (χ3n) is 2.88. The van der Waals surface area contributed by atoms with Crippen LogP contribution in [0.2, 0.25) is 0 Å². The first-order chi connectivity index (χ1) is 10.4. The Morgan fingerprint density at radius 2 is 1.95 bits per heavy atom. The number of hydrogen-bond acceptors (Lipinski definition) is 5. The molecule has 0 unspecified atom stereocenters. The van der Waals surface area contributed by atoms with Gasteiger partial charge in [0.05, 0.1) is 31.9 Å². The van der Waals surface area contributed by atoms with E-state index in [1.807, 2.05) is 0 Å². The molecule has 0 bridgehead atoms. The number of carboxylic acids is 1. The zero-order chi connectivity index (χ0) is 16.7. The molecule has 0 aromatic heterocycles. The summed E-state index contributed by atoms with van der Waals surface area (Å²) < 4.78 is 9.69. The molecule has 22 heavy (non-hydrogen) atoms. The monoisotopic (exact) mass is 310 g/mol. The highest BCUT2D eigenvalue weighted by molar-refractivity contribution is 6.01. The van der Waals surface area contributed by atoms with Crippen LogP contribution < -0.4 is 10.1 Å². The van der Waals surface area contributed by atoms with E-state index in [1.54, 1.807) is 6.07 Å². The molecule has 0 atom stereocenters. The summed E-state index contributed by atoms with van der Waals surface area (Å²) in [6.07, 6.45) is -0.170. The quantitative estimate of drug-likeness (QED) is 0.770. The predicted molar refractivity (Wildman–Crippen MR) is 78.2 cm³/mol. The van der Waals surface area contributed by atoms with Crippen molar-refractivity contribution in [3.8, 4) is 5.75 Å². The summed E-state index contributed by atoms with van der Waals surface area (Å²) in [7, 11) is 4.14. The fourth-order valence-electron chi connectivity index (χ4n) is 1.61. The van der Waals surface area contributed by atoms with Crippen LogP contribution in [0.1, 0.15) is 16.8 Å². The molecule has 0 aliphatic heterocycles. The molecule has 120 valence electrons. The molecule has 0 fully saturated rings. The topological polar surface area (TPSA) is 105 Å². The van der Waals surface area contributed by atoms with E-state index in [0.717, 1.165) is 0 Å². The number of esters is 1. The van der Waals surface area contributed by atoms with Gasteiger partial charge in [-0.1, -0.05) is 0 Å². The number of rotatable bonds is 6. The van der Waals surface area contributed by atoms with Crippen molar-refractivity contribution in [3.05, 3.63) is 23.8 Å². The van der Waals surface area contributed by atoms with E-state index in [4.69, 9.17) is 9.84 Å². The first kappa shape index (κ1) is 17.3. The Hall–Kier alpha value is -2.77. The number of benzene rings is 1. The number of carbonyl (C=O) groups is 3. The van der Waals surface area contributed by atoms with Crippen LogP contribution in [0, 0.1) is 0 Å². The fraction of sp³-hybridized carbons (Fsp3) is 0.357. The summed E-state index contributed by atoms with van der Waals surface area (Å²) in [5.41, 5.74) is 0.390. The molecule has 2 amide bonds. The average molecular weight is 310 g/mol. The Balaban J connectivity index is 2.89. The number of ether oxygens (including phenoxy) is 2. The highest BCUT2D eigenvalue weighted by Gasteiger charge is 2.17. The normalized spacial score (nSPS) is 9.77. The van der Waals surface area contributed by atoms with Gasteiger partial charge >= 0.3 is 18.0 Å². The summed E-state index contributed by atoms with van der Waals surface area (Å²) in [5, 5.41) is 11.1. The number of aliphatic carboxylic acids is 1. The van der Waals surface area contributed by atoms with Gasteiger partial charge in [0.1, 0.15) is 5.75 Å². The van der Waals surface area contributed by atoms with Crippen molar-refractivity contribution in [1.29, 1.82) is 0 Å². The Kier molecular flexibility index (Phi) is 6.18. The van der Waals surface area contributed by atoms with E-state index in [2.05, 4.69) is 10.1 Å². The summed E-state index contributed by atoms with van der Waals surface area (Å²) in [6.45, 7) is 0.0465. The van der Waals surface area contributed by atoms with Crippen LogP contribution >= 0.6 is 0 Å². The third-order valence-corrected chi connectivity index (χ3v) is 2.88. The molecular weight excluding hydrogens is 292 g/mol. The maximum absolute atomic E-state index is 12.0. The first-order valence-corrected chi connectivity index (χ1v) is 6.39. The Morgan fingerprint density at radius 1 is 1.27 bits per heavy atom. The van der Waals surface area contributed by atoms with Gasteiger partial charge in [-0.3, -0.25) is 4.79 Å². The van der Waals surface area contributed by atoms with Gasteiger partial charge in [0.15, 0.2) is 0 Å². The van der Waals surface area contributed by atoms with Crippen molar-refractivity contribution in [2.24, 2.45) is 0 Å². The van der Waals surface area contributed by atoms with Gasteiger partial charge in [0, 0.05) is 13.6 Å². The molecule has 0 aliphatic carbocycles. The minimum atomic E-state index is -1.00. The molecule has 1 aromatic rings. The van der Waals surface area contributed by atoms with Crippen LogP contribution in [-0.4, -0.2) is 55.8 Å². The van der Waals surface area contributed by atoms with E-state index < -0.39 is 18.0 Å². The largest absolute Gasteiger partial charge is 0.497 e. The van der Waals surface area contributed by atoms with Crippen molar-refractivity contribution in [1.82, 2.24) is 4.90 Å². The Labute approximate surface area is 127 Å². The van der Waals surface area contributed by atoms with Crippen molar-refractivity contribution in [2.75, 3.05) is 33.1 Å². The van der Waals surface area contributed by atoms with Crippen LogP contribution in [0.3, 0.4) is 0 Å². The van der Waals surface area contributed by atoms with E-state index in [0.29, 0.717) is 5.75 Å². The minimum absolute atomic E-state index is 0.0465. The zero-order valence-corrected chi connectivity index (χ0v) is 12.6. The second kappa shape index (κ2) is 7.87. The fourth-order valence-corrected chi connectivity index (χ4v) is 1.61. The number of amides is 2. The standard InChI is InChI=1S/C14H18N2O6/c1-16(7-6-12(17)18)14(20)15-11-5-4-9(21-2)8-10(11)13(19)22-3/h4-5,8H,6-7H2,1-3H3,(H,15,20)(H,17,18). The molecule has 1 rings (SSSR count). The second-order valence-electron chi connectivity index (χ2n) is 4.40. The van der Waals surface area contributed by atoms with Gasteiger partial charge in [-0.2, -0.15) is 0 Å². The highest BCUT2D eigenvalue weighted by Crippen LogP contribution is 2.23. The molecule has 0 heterocycles. The van der Waals surface area contributed by atoms with Crippen molar-refractivity contribution in [2.45, 2.75) is 6.42 Å². The van der Waals surface area contributed by atoms with Gasteiger partial charge in [0.2, 0.25) is 0 Å². The summed E-state index contributed by atoms with van der Waals surface area (Å²) in [6, 6.07) is 4.00. The molecule has 0 aliphatic rings. The van der Waals surface area contributed by atoms with E-state index in [1.165, 1.54) is 38.3 Å². The summed E-state index contributed by atoms with van der Waals surface area (Å²) in [5.74, 6) is -1.18. The SMILES string of the molecule is COC(=O)c1cc(OC)ccc1NC(=O)N(C)CCC(=O)O. The molecule has 1 aromatic carbocycles. The number of carboxylic acid groups (broad SMARTS) is 1. The van der Waals surface area contributed by atoms with Crippen LogP contribution in [0.25, 0.3) is 0 Å². The predicted octanol–water partition coefficient (Wildman–Crippen LogP) is 1.42. The minimum Gasteiger partial charge on any atom is -0.497 e. The second-order valence-corrected chi connectivity index (χ2v) is 4.40. The molecule has 8 nitrogen and oxygen atoms in total. The van der Waals surface area contributed by atoms with Crippen LogP contribution in [-0.2, 0) is 9.53 Å². The number of carbonyl (C=O) groups excluding carboxylic acids is 2. The number of nitrogens with one attached hydrogen (secondary N) is 1. The van der Waals surface area contributed by atoms with Crippen molar-refractivity contribution >= 4 is 23.7 Å². The molecule has 0 saturated heterocycles. The maximum atomic E-state index is 12.0. The number of urea groups is 1. The van der Waals surface area contributed by atoms with Crippen LogP contribution in [0.15, 0.2) is 18.2 Å². The van der Waals surface area contributed by atoms with Gasteiger partial charge < -0.3 is 24.8 Å². The van der Waals surface area contributed by atoms with E-state index in [9.17, 15) is 14.4 Å². The van der Waals surface area contributed by atoms with Gasteiger partial charge in [-0.25, -0.2) is 9.59 Å². The summed E-state index contributed by atoms with van der Waals surface area (Å²) >= 11 is 0. The van der Waals surface area contributed by atoms with Crippen molar-refractivity contribution in [3.63, 3.8) is 0 Å². The number of anilines is 1. The number of methoxy groups -OCH3 is 2. The lowest BCUT2D eigenvalue weighted by molar-refractivity contribution is -0.137. The lowest BCUT2D eigenvalue weighted by atomic mass is 10.1. The third kappa shape index (κ3) is 4.65. The van der Waals surface area contributed by atoms with Crippen molar-refractivity contribution < 1.29 is 29.0 Å². The van der Waals surface area contributed by atoms with Gasteiger partial charge in [-0.05, 0) is 18.2 Å². The lowest BCUT2D eigenvalue weighted by Crippen LogP contribution is -2.33. The average Bonchev–Trinajstić information content (AvgIpc) is 2.51. The Bertz CT molecular complexity index is 572. The lowest BCUT2D eigenvalue weighted by Gasteiger charge is -2.18. The van der Waals surface area contributed by atoms with E-state index in [-0.39, 0.29) is 24.2 Å². The van der Waals surface area contributed by atoms with Crippen LogP contribution in [0.5, 0.6) is 5.75 Å². The van der Waals surface area contributed by atoms with Gasteiger partial charge in [-0.15, -0.1) is 0 Å². The molecule has 8 heteroatoms.